The zero-order valence-corrected chi connectivity index (χ0v) is 14.7. The van der Waals surface area contributed by atoms with E-state index in [2.05, 4.69) is 20.2 Å². The molecule has 1 aromatic heterocycles. The third kappa shape index (κ3) is 4.47. The molecule has 0 saturated carbocycles. The Morgan fingerprint density at radius 3 is 2.64 bits per heavy atom. The van der Waals surface area contributed by atoms with Gasteiger partial charge in [0.05, 0.1) is 7.11 Å². The largest absolute Gasteiger partial charge is 0.481 e. The maximum Gasteiger partial charge on any atom is 0.228 e. The molecule has 132 valence electrons. The van der Waals surface area contributed by atoms with E-state index in [1.54, 1.807) is 7.11 Å². The summed E-state index contributed by atoms with van der Waals surface area (Å²) in [6.07, 6.45) is 1.61. The van der Waals surface area contributed by atoms with Gasteiger partial charge in [-0.05, 0) is 25.3 Å². The minimum Gasteiger partial charge on any atom is -0.481 e. The predicted molar refractivity (Wildman–Crippen MR) is 96.5 cm³/mol. The average Bonchev–Trinajstić information content (AvgIpc) is 2.66. The van der Waals surface area contributed by atoms with Gasteiger partial charge in [-0.15, -0.1) is 0 Å². The second-order valence-electron chi connectivity index (χ2n) is 6.32. The van der Waals surface area contributed by atoms with E-state index in [0.717, 1.165) is 37.2 Å². The van der Waals surface area contributed by atoms with Crippen LogP contribution in [0.4, 0.5) is 5.95 Å². The van der Waals surface area contributed by atoms with Crippen LogP contribution in [0.5, 0.6) is 5.88 Å². The van der Waals surface area contributed by atoms with Crippen LogP contribution in [0.25, 0.3) is 0 Å². The van der Waals surface area contributed by atoms with E-state index in [4.69, 9.17) is 4.74 Å². The fourth-order valence-electron chi connectivity index (χ4n) is 3.04. The van der Waals surface area contributed by atoms with Gasteiger partial charge in [-0.3, -0.25) is 4.79 Å². The number of nitrogens with one attached hydrogen (secondary N) is 1. The first-order valence-electron chi connectivity index (χ1n) is 8.62. The third-order valence-electron chi connectivity index (χ3n) is 4.49. The number of aryl methyl sites for hydroxylation is 1. The van der Waals surface area contributed by atoms with Gasteiger partial charge in [0.15, 0.2) is 0 Å². The van der Waals surface area contributed by atoms with Gasteiger partial charge < -0.3 is 15.0 Å². The Bertz CT molecular complexity index is 713. The number of rotatable bonds is 5. The molecule has 3 rings (SSSR count). The number of benzene rings is 1. The number of amides is 1. The van der Waals surface area contributed by atoms with Gasteiger partial charge in [0.1, 0.15) is 0 Å². The van der Waals surface area contributed by atoms with Crippen LogP contribution >= 0.6 is 0 Å². The molecule has 0 unspecified atom stereocenters. The lowest BCUT2D eigenvalue weighted by atomic mass is 9.96. The van der Waals surface area contributed by atoms with Crippen LogP contribution < -0.4 is 15.0 Å². The van der Waals surface area contributed by atoms with Crippen molar-refractivity contribution in [3.8, 4) is 5.88 Å². The van der Waals surface area contributed by atoms with Crippen molar-refractivity contribution in [2.24, 2.45) is 5.92 Å². The standard InChI is InChI=1S/C19H24N4O2/c1-14-12-17(25-2)22-19(21-14)23-10-8-16(9-11-23)18(24)20-13-15-6-4-3-5-7-15/h3-7,12,16H,8-11,13H2,1-2H3,(H,20,24). The Kier molecular flexibility index (Phi) is 5.48. The zero-order chi connectivity index (χ0) is 17.6. The van der Waals surface area contributed by atoms with Crippen LogP contribution in [0.1, 0.15) is 24.1 Å². The maximum absolute atomic E-state index is 12.4. The number of nitrogens with zero attached hydrogens (tertiary/aromatic N) is 3. The third-order valence-corrected chi connectivity index (χ3v) is 4.49. The lowest BCUT2D eigenvalue weighted by molar-refractivity contribution is -0.125. The molecule has 1 amide bonds. The highest BCUT2D eigenvalue weighted by Crippen LogP contribution is 2.23. The summed E-state index contributed by atoms with van der Waals surface area (Å²) in [6.45, 7) is 4.06. The normalized spacial score (nSPS) is 15.0. The summed E-state index contributed by atoms with van der Waals surface area (Å²) in [5.74, 6) is 1.43. The molecule has 2 heterocycles. The quantitative estimate of drug-likeness (QED) is 0.905. The number of anilines is 1. The molecule has 25 heavy (non-hydrogen) atoms. The molecule has 1 aliphatic rings. The van der Waals surface area contributed by atoms with Crippen molar-refractivity contribution >= 4 is 11.9 Å². The number of aromatic nitrogens is 2. The van der Waals surface area contributed by atoms with Crippen LogP contribution in [0.15, 0.2) is 36.4 Å². The van der Waals surface area contributed by atoms with E-state index in [9.17, 15) is 4.79 Å². The van der Waals surface area contributed by atoms with Crippen LogP contribution in [-0.2, 0) is 11.3 Å². The van der Waals surface area contributed by atoms with Gasteiger partial charge >= 0.3 is 0 Å². The molecule has 0 bridgehead atoms. The summed E-state index contributed by atoms with van der Waals surface area (Å²) >= 11 is 0. The van der Waals surface area contributed by atoms with Gasteiger partial charge in [-0.1, -0.05) is 30.3 Å². The van der Waals surface area contributed by atoms with E-state index in [1.165, 1.54) is 0 Å². The summed E-state index contributed by atoms with van der Waals surface area (Å²) in [6, 6.07) is 11.8. The van der Waals surface area contributed by atoms with E-state index in [1.807, 2.05) is 43.3 Å². The van der Waals surface area contributed by atoms with Gasteiger partial charge in [-0.25, -0.2) is 4.98 Å². The molecule has 1 saturated heterocycles. The molecule has 1 N–H and O–H groups in total. The predicted octanol–water partition coefficient (Wildman–Crippen LogP) is 2.33. The second kappa shape index (κ2) is 7.96. The Labute approximate surface area is 148 Å². The van der Waals surface area contributed by atoms with Crippen molar-refractivity contribution in [3.63, 3.8) is 0 Å². The van der Waals surface area contributed by atoms with E-state index >= 15 is 0 Å². The lowest BCUT2D eigenvalue weighted by Gasteiger charge is -2.31. The number of hydrogen-bond donors (Lipinski definition) is 1. The molecule has 0 atom stereocenters. The maximum atomic E-state index is 12.4. The zero-order valence-electron chi connectivity index (χ0n) is 14.7. The minimum absolute atomic E-state index is 0.0478. The molecule has 0 spiro atoms. The van der Waals surface area contributed by atoms with E-state index < -0.39 is 0 Å². The molecule has 1 aliphatic heterocycles. The van der Waals surface area contributed by atoms with Crippen molar-refractivity contribution in [3.05, 3.63) is 47.7 Å². The Hall–Kier alpha value is -2.63. The van der Waals surface area contributed by atoms with Crippen molar-refractivity contribution in [2.45, 2.75) is 26.3 Å². The number of carbonyl (C=O) groups is 1. The minimum atomic E-state index is 0.0478. The molecule has 0 radical (unpaired) electrons. The van der Waals surface area contributed by atoms with Crippen LogP contribution in [-0.4, -0.2) is 36.1 Å². The highest BCUT2D eigenvalue weighted by molar-refractivity contribution is 5.78. The second-order valence-corrected chi connectivity index (χ2v) is 6.32. The first kappa shape index (κ1) is 17.2. The number of methoxy groups -OCH3 is 1. The van der Waals surface area contributed by atoms with Crippen LogP contribution in [0.2, 0.25) is 0 Å². The molecule has 1 fully saturated rings. The topological polar surface area (TPSA) is 67.3 Å². The molecule has 6 heteroatoms. The summed E-state index contributed by atoms with van der Waals surface area (Å²) in [5, 5.41) is 3.04. The summed E-state index contributed by atoms with van der Waals surface area (Å²) in [5.41, 5.74) is 2.00. The molecule has 0 aliphatic carbocycles. The van der Waals surface area contributed by atoms with Crippen molar-refractivity contribution in [1.29, 1.82) is 0 Å². The van der Waals surface area contributed by atoms with Gasteiger partial charge in [0.25, 0.3) is 0 Å². The number of carbonyl (C=O) groups excluding carboxylic acids is 1. The molecular formula is C19H24N4O2. The van der Waals surface area contributed by atoms with E-state index in [-0.39, 0.29) is 11.8 Å². The first-order valence-corrected chi connectivity index (χ1v) is 8.62. The first-order chi connectivity index (χ1) is 12.2. The Morgan fingerprint density at radius 1 is 1.24 bits per heavy atom. The van der Waals surface area contributed by atoms with Gasteiger partial charge in [0, 0.05) is 37.3 Å². The molecule has 1 aromatic carbocycles. The Morgan fingerprint density at radius 2 is 1.96 bits per heavy atom. The van der Waals surface area contributed by atoms with Gasteiger partial charge in [0.2, 0.25) is 17.7 Å². The van der Waals surface area contributed by atoms with Gasteiger partial charge in [-0.2, -0.15) is 4.98 Å². The summed E-state index contributed by atoms with van der Waals surface area (Å²) in [4.78, 5) is 23.4. The highest BCUT2D eigenvalue weighted by Gasteiger charge is 2.26. The fraction of sp³-hybridized carbons (Fsp3) is 0.421. The van der Waals surface area contributed by atoms with Crippen LogP contribution in [0, 0.1) is 12.8 Å². The number of hydrogen-bond acceptors (Lipinski definition) is 5. The molecular weight excluding hydrogens is 316 g/mol. The SMILES string of the molecule is COc1cc(C)nc(N2CCC(C(=O)NCc3ccccc3)CC2)n1. The smallest absolute Gasteiger partial charge is 0.228 e. The molecule has 2 aromatic rings. The van der Waals surface area contributed by atoms with Crippen LogP contribution in [0.3, 0.4) is 0 Å². The fourth-order valence-corrected chi connectivity index (χ4v) is 3.04. The summed E-state index contributed by atoms with van der Waals surface area (Å²) in [7, 11) is 1.61. The molecule has 6 nitrogen and oxygen atoms in total. The lowest BCUT2D eigenvalue weighted by Crippen LogP contribution is -2.41. The Balaban J connectivity index is 1.53. The van der Waals surface area contributed by atoms with Crippen molar-refractivity contribution in [2.75, 3.05) is 25.1 Å². The highest BCUT2D eigenvalue weighted by atomic mass is 16.5. The number of ether oxygens (including phenoxy) is 1. The van der Waals surface area contributed by atoms with E-state index in [0.29, 0.717) is 18.4 Å². The van der Waals surface area contributed by atoms with Crippen molar-refractivity contribution < 1.29 is 9.53 Å². The summed E-state index contributed by atoms with van der Waals surface area (Å²) < 4.78 is 5.22. The van der Waals surface area contributed by atoms with Crippen molar-refractivity contribution in [1.82, 2.24) is 15.3 Å². The number of piperidine rings is 1. The monoisotopic (exact) mass is 340 g/mol. The average molecular weight is 340 g/mol.